The molecule has 0 aromatic carbocycles. The summed E-state index contributed by atoms with van der Waals surface area (Å²) in [5.41, 5.74) is 0.899. The van der Waals surface area contributed by atoms with E-state index in [-0.39, 0.29) is 5.60 Å². The number of rotatable bonds is 8. The minimum absolute atomic E-state index is 0.236. The van der Waals surface area contributed by atoms with Gasteiger partial charge in [-0.3, -0.25) is 0 Å². The van der Waals surface area contributed by atoms with Crippen molar-refractivity contribution in [3.05, 3.63) is 15.6 Å². The SMILES string of the molecule is CCOC(C)(CC)c1nc(C)c(CNCC(C)C)s1. The van der Waals surface area contributed by atoms with Crippen molar-refractivity contribution in [1.82, 2.24) is 10.3 Å². The van der Waals surface area contributed by atoms with Crippen molar-refractivity contribution in [3.63, 3.8) is 0 Å². The van der Waals surface area contributed by atoms with E-state index in [0.29, 0.717) is 5.92 Å². The maximum atomic E-state index is 5.90. The van der Waals surface area contributed by atoms with Crippen LogP contribution in [0.3, 0.4) is 0 Å². The van der Waals surface area contributed by atoms with Gasteiger partial charge < -0.3 is 10.1 Å². The van der Waals surface area contributed by atoms with Crippen LogP contribution in [0.15, 0.2) is 0 Å². The first kappa shape index (κ1) is 16.6. The number of nitrogens with zero attached hydrogens (tertiary/aromatic N) is 1. The molecule has 1 rings (SSSR count). The minimum atomic E-state index is -0.236. The van der Waals surface area contributed by atoms with Crippen LogP contribution in [0.1, 0.15) is 56.6 Å². The average molecular weight is 284 g/mol. The van der Waals surface area contributed by atoms with E-state index in [1.165, 1.54) is 4.88 Å². The standard InChI is InChI=1S/C15H28N2OS/c1-7-15(6,18-8-2)14-17-12(5)13(19-14)10-16-9-11(3)4/h11,16H,7-10H2,1-6H3. The Hall–Kier alpha value is -0.450. The van der Waals surface area contributed by atoms with Crippen LogP contribution in [0.5, 0.6) is 0 Å². The second kappa shape index (κ2) is 7.36. The van der Waals surface area contributed by atoms with Crippen LogP contribution >= 0.6 is 11.3 Å². The van der Waals surface area contributed by atoms with E-state index in [4.69, 9.17) is 9.72 Å². The fraction of sp³-hybridized carbons (Fsp3) is 0.800. The molecule has 0 saturated carbocycles. The van der Waals surface area contributed by atoms with Gasteiger partial charge in [0.05, 0.1) is 5.69 Å². The van der Waals surface area contributed by atoms with E-state index < -0.39 is 0 Å². The molecule has 110 valence electrons. The highest BCUT2D eigenvalue weighted by atomic mass is 32.1. The first-order valence-corrected chi connectivity index (χ1v) is 8.06. The van der Waals surface area contributed by atoms with Crippen LogP contribution in [-0.2, 0) is 16.9 Å². The molecule has 0 bridgehead atoms. The van der Waals surface area contributed by atoms with Crippen molar-refractivity contribution < 1.29 is 4.74 Å². The second-order valence-corrected chi connectivity index (χ2v) is 6.65. The van der Waals surface area contributed by atoms with Crippen molar-refractivity contribution in [2.45, 2.75) is 60.1 Å². The first-order valence-electron chi connectivity index (χ1n) is 7.24. The van der Waals surface area contributed by atoms with Gasteiger partial charge in [-0.05, 0) is 39.7 Å². The maximum Gasteiger partial charge on any atom is 0.125 e. The van der Waals surface area contributed by atoms with Gasteiger partial charge in [-0.25, -0.2) is 4.98 Å². The molecule has 1 heterocycles. The van der Waals surface area contributed by atoms with Crippen molar-refractivity contribution in [3.8, 4) is 0 Å². The molecule has 0 aliphatic carbocycles. The summed E-state index contributed by atoms with van der Waals surface area (Å²) in [5.74, 6) is 0.678. The summed E-state index contributed by atoms with van der Waals surface area (Å²) < 4.78 is 5.90. The number of hydrogen-bond donors (Lipinski definition) is 1. The van der Waals surface area contributed by atoms with E-state index in [9.17, 15) is 0 Å². The lowest BCUT2D eigenvalue weighted by molar-refractivity contribution is -0.0325. The number of hydrogen-bond acceptors (Lipinski definition) is 4. The monoisotopic (exact) mass is 284 g/mol. The molecule has 0 amide bonds. The van der Waals surface area contributed by atoms with E-state index in [2.05, 4.69) is 39.9 Å². The van der Waals surface area contributed by atoms with Crippen LogP contribution in [0, 0.1) is 12.8 Å². The Kier molecular flexibility index (Phi) is 6.43. The molecular formula is C15H28N2OS. The topological polar surface area (TPSA) is 34.1 Å². The molecule has 3 nitrogen and oxygen atoms in total. The molecular weight excluding hydrogens is 256 g/mol. The lowest BCUT2D eigenvalue weighted by Crippen LogP contribution is -2.24. The zero-order valence-corrected chi connectivity index (χ0v) is 14.0. The summed E-state index contributed by atoms with van der Waals surface area (Å²) >= 11 is 1.78. The highest BCUT2D eigenvalue weighted by Crippen LogP contribution is 2.33. The fourth-order valence-electron chi connectivity index (χ4n) is 1.93. The van der Waals surface area contributed by atoms with Gasteiger partial charge in [-0.2, -0.15) is 0 Å². The van der Waals surface area contributed by atoms with Crippen molar-refractivity contribution in [2.24, 2.45) is 5.92 Å². The molecule has 19 heavy (non-hydrogen) atoms. The van der Waals surface area contributed by atoms with Gasteiger partial charge in [0.1, 0.15) is 10.6 Å². The highest BCUT2D eigenvalue weighted by molar-refractivity contribution is 7.11. The van der Waals surface area contributed by atoms with Crippen LogP contribution in [0.4, 0.5) is 0 Å². The predicted molar refractivity (Wildman–Crippen MR) is 82.7 cm³/mol. The molecule has 0 fully saturated rings. The van der Waals surface area contributed by atoms with Crippen molar-refractivity contribution in [2.75, 3.05) is 13.2 Å². The molecule has 0 aliphatic rings. The molecule has 1 aromatic heterocycles. The third-order valence-corrected chi connectivity index (χ3v) is 4.72. The average Bonchev–Trinajstić information content (AvgIpc) is 2.71. The van der Waals surface area contributed by atoms with Gasteiger partial charge in [0.25, 0.3) is 0 Å². The molecule has 4 heteroatoms. The summed E-state index contributed by atoms with van der Waals surface area (Å²) in [5, 5.41) is 4.59. The Morgan fingerprint density at radius 2 is 2.05 bits per heavy atom. The molecule has 0 radical (unpaired) electrons. The number of aromatic nitrogens is 1. The Bertz CT molecular complexity index is 389. The van der Waals surface area contributed by atoms with Gasteiger partial charge in [0, 0.05) is 18.0 Å². The van der Waals surface area contributed by atoms with Crippen LogP contribution in [-0.4, -0.2) is 18.1 Å². The lowest BCUT2D eigenvalue weighted by atomic mass is 10.0. The third kappa shape index (κ3) is 4.55. The summed E-state index contributed by atoms with van der Waals surface area (Å²) in [4.78, 5) is 6.05. The molecule has 1 N–H and O–H groups in total. The molecule has 1 aromatic rings. The number of ether oxygens (including phenoxy) is 1. The Morgan fingerprint density at radius 3 is 2.58 bits per heavy atom. The maximum absolute atomic E-state index is 5.90. The van der Waals surface area contributed by atoms with Crippen molar-refractivity contribution in [1.29, 1.82) is 0 Å². The zero-order valence-electron chi connectivity index (χ0n) is 13.2. The molecule has 0 saturated heterocycles. The summed E-state index contributed by atoms with van der Waals surface area (Å²) in [7, 11) is 0. The van der Waals surface area contributed by atoms with Crippen LogP contribution in [0.2, 0.25) is 0 Å². The Labute approximate surface area is 121 Å². The first-order chi connectivity index (χ1) is 8.92. The van der Waals surface area contributed by atoms with E-state index in [0.717, 1.165) is 36.8 Å². The van der Waals surface area contributed by atoms with Crippen LogP contribution < -0.4 is 5.32 Å². The summed E-state index contributed by atoms with van der Waals surface area (Å²) in [6, 6.07) is 0. The fourth-order valence-corrected chi connectivity index (χ4v) is 3.13. The number of aryl methyl sites for hydroxylation is 1. The zero-order chi connectivity index (χ0) is 14.5. The largest absolute Gasteiger partial charge is 0.368 e. The summed E-state index contributed by atoms with van der Waals surface area (Å²) in [6.07, 6.45) is 0.951. The van der Waals surface area contributed by atoms with Crippen molar-refractivity contribution >= 4 is 11.3 Å². The Morgan fingerprint density at radius 1 is 1.37 bits per heavy atom. The number of thiazole rings is 1. The smallest absolute Gasteiger partial charge is 0.125 e. The van der Waals surface area contributed by atoms with Crippen LogP contribution in [0.25, 0.3) is 0 Å². The van der Waals surface area contributed by atoms with E-state index >= 15 is 0 Å². The highest BCUT2D eigenvalue weighted by Gasteiger charge is 2.29. The van der Waals surface area contributed by atoms with Gasteiger partial charge in [-0.1, -0.05) is 20.8 Å². The van der Waals surface area contributed by atoms with E-state index in [1.54, 1.807) is 11.3 Å². The predicted octanol–water partition coefficient (Wildman–Crippen LogP) is 3.86. The van der Waals surface area contributed by atoms with Gasteiger partial charge in [0.15, 0.2) is 0 Å². The molecule has 0 spiro atoms. The quantitative estimate of drug-likeness (QED) is 0.787. The number of nitrogens with one attached hydrogen (secondary N) is 1. The Balaban J connectivity index is 2.77. The molecule has 1 unspecified atom stereocenters. The minimum Gasteiger partial charge on any atom is -0.368 e. The molecule has 1 atom stereocenters. The molecule has 0 aliphatic heterocycles. The van der Waals surface area contributed by atoms with Gasteiger partial charge >= 0.3 is 0 Å². The lowest BCUT2D eigenvalue weighted by Gasteiger charge is -2.25. The summed E-state index contributed by atoms with van der Waals surface area (Å²) in [6.45, 7) is 15.6. The van der Waals surface area contributed by atoms with Gasteiger partial charge in [0.2, 0.25) is 0 Å². The normalized spacial score (nSPS) is 14.9. The van der Waals surface area contributed by atoms with Gasteiger partial charge in [-0.15, -0.1) is 11.3 Å². The van der Waals surface area contributed by atoms with E-state index in [1.807, 2.05) is 6.92 Å². The second-order valence-electron chi connectivity index (χ2n) is 5.57. The third-order valence-electron chi connectivity index (χ3n) is 3.32.